The van der Waals surface area contributed by atoms with Crippen LogP contribution in [0.3, 0.4) is 0 Å². The summed E-state index contributed by atoms with van der Waals surface area (Å²) in [7, 11) is 2.58. The minimum absolute atomic E-state index is 0.0204. The lowest BCUT2D eigenvalue weighted by Gasteiger charge is -2.37. The van der Waals surface area contributed by atoms with Crippen molar-refractivity contribution in [1.29, 1.82) is 0 Å². The van der Waals surface area contributed by atoms with Gasteiger partial charge in [-0.15, -0.1) is 0 Å². The second-order valence-corrected chi connectivity index (χ2v) is 21.2. The minimum atomic E-state index is -1.73. The smallest absolute Gasteiger partial charge is 0.326 e. The third-order valence-electron chi connectivity index (χ3n) is 13.0. The molecule has 23 heteroatoms. The number of H-pyrrole nitrogens is 1. The molecule has 69 heavy (non-hydrogen) atoms. The molecule has 0 bridgehead atoms. The van der Waals surface area contributed by atoms with Crippen LogP contribution in [-0.2, 0) is 49.6 Å². The van der Waals surface area contributed by atoms with Crippen molar-refractivity contribution in [1.82, 2.24) is 41.8 Å². The summed E-state index contributed by atoms with van der Waals surface area (Å²) in [4.78, 5) is 128. The van der Waals surface area contributed by atoms with Gasteiger partial charge in [-0.2, -0.15) is 0 Å². The van der Waals surface area contributed by atoms with Gasteiger partial charge in [0.05, 0.1) is 12.5 Å². The Morgan fingerprint density at radius 2 is 1.58 bits per heavy atom. The summed E-state index contributed by atoms with van der Waals surface area (Å²) in [5.74, 6) is -8.36. The molecule has 380 valence electrons. The molecule has 3 heterocycles. The van der Waals surface area contributed by atoms with E-state index in [1.54, 1.807) is 13.8 Å². The lowest BCUT2D eigenvalue weighted by molar-refractivity contribution is -0.145. The number of fused-ring (bicyclic) bond motifs is 1. The molecule has 1 aliphatic carbocycles. The Bertz CT molecular complexity index is 2150. The molecule has 0 radical (unpaired) electrons. The lowest BCUT2D eigenvalue weighted by Crippen LogP contribution is -2.63. The van der Waals surface area contributed by atoms with Crippen LogP contribution in [-0.4, -0.2) is 145 Å². The monoisotopic (exact) mass is 1000 g/mol. The van der Waals surface area contributed by atoms with Crippen LogP contribution >= 0.6 is 21.6 Å². The molecule has 5 rings (SSSR count). The number of amides is 8. The van der Waals surface area contributed by atoms with Crippen LogP contribution in [0.25, 0.3) is 10.9 Å². The Morgan fingerprint density at radius 1 is 0.899 bits per heavy atom. The summed E-state index contributed by atoms with van der Waals surface area (Å²) in [5, 5.41) is 37.4. The Balaban J connectivity index is 1.52. The van der Waals surface area contributed by atoms with Crippen molar-refractivity contribution < 1.29 is 53.4 Å². The van der Waals surface area contributed by atoms with Crippen molar-refractivity contribution in [3.05, 3.63) is 36.0 Å². The predicted octanol–water partition coefficient (Wildman–Crippen LogP) is 0.224. The van der Waals surface area contributed by atoms with Gasteiger partial charge >= 0.3 is 5.97 Å². The van der Waals surface area contributed by atoms with E-state index in [-0.39, 0.29) is 44.5 Å². The number of aromatic amines is 1. The quantitative estimate of drug-likeness (QED) is 0.113. The number of nitrogens with two attached hydrogens (primary N) is 2. The van der Waals surface area contributed by atoms with Gasteiger partial charge in [-0.25, -0.2) is 4.79 Å². The zero-order valence-electron chi connectivity index (χ0n) is 39.4. The number of carbonyl (C=O) groups is 9. The van der Waals surface area contributed by atoms with Crippen molar-refractivity contribution in [3.8, 4) is 0 Å². The average Bonchev–Trinajstić information content (AvgIpc) is 3.97. The number of nitrogens with zero attached hydrogens (tertiary/aromatic N) is 1. The molecule has 0 unspecified atom stereocenters. The highest BCUT2D eigenvalue weighted by molar-refractivity contribution is 8.77. The van der Waals surface area contributed by atoms with Gasteiger partial charge in [-0.1, -0.05) is 79.3 Å². The first kappa shape index (κ1) is 54.5. The summed E-state index contributed by atoms with van der Waals surface area (Å²) >= 11 is 0. The summed E-state index contributed by atoms with van der Waals surface area (Å²) < 4.78 is -0.684. The van der Waals surface area contributed by atoms with Crippen LogP contribution < -0.4 is 43.4 Å². The Hall–Kier alpha value is -5.39. The molecule has 1 saturated carbocycles. The maximum atomic E-state index is 14.6. The van der Waals surface area contributed by atoms with Crippen molar-refractivity contribution in [2.75, 3.05) is 18.8 Å². The highest BCUT2D eigenvalue weighted by atomic mass is 33.1. The number of aliphatic carboxylic acids is 1. The number of benzene rings is 1. The van der Waals surface area contributed by atoms with Gasteiger partial charge in [0.2, 0.25) is 47.3 Å². The third kappa shape index (κ3) is 15.1. The number of rotatable bonds is 14. The first-order chi connectivity index (χ1) is 32.8. The molecule has 3 fully saturated rings. The number of hydrogen-bond donors (Lipinski definition) is 11. The SMILES string of the molecule is CC[C@H](C)[C@@H]1NC(=O)[C@@H](Cc2cc3ccccc3[nH]2)NC(=O)CC2(CCCCC2)SSC[C@H](C(=O)N2CCC[C@H]2C(=O)N[C@@H](CCCN)C(=O)O)NC(=O)[C@H](CC(N)=O)NC(=O)[C@H]([C@@H](C)O)NC1=O. The Morgan fingerprint density at radius 3 is 2.23 bits per heavy atom. The topological polar surface area (TPSA) is 337 Å². The molecule has 21 nitrogen and oxygen atoms in total. The molecule has 1 spiro atoms. The number of aliphatic hydroxyl groups is 1. The van der Waals surface area contributed by atoms with E-state index < -0.39 is 119 Å². The van der Waals surface area contributed by atoms with Crippen molar-refractivity contribution in [2.45, 2.75) is 157 Å². The standard InChI is InChI=1S/C46H68N10O11S2/c1-4-25(2)37-42(63)55-38(26(3)57)43(64)52-32(22-35(48)58)39(60)53-33(44(65)56-19-11-15-34(56)41(62)51-30(45(66)67)14-10-18-47)24-68-69-46(16-8-5-9-17-46)23-36(59)50-31(40(61)54-37)21-28-20-27-12-6-7-13-29(27)49-28/h6-7,12-13,20,25-26,30-34,37-38,49,57H,4-5,8-11,14-19,21-24,47H2,1-3H3,(H2,48,58)(H,50,59)(H,51,62)(H,52,64)(H,53,60)(H,54,61)(H,55,63)(H,66,67)/t25-,26+,30-,31+,32-,33+,34-,37-,38-/m0/s1. The van der Waals surface area contributed by atoms with Gasteiger partial charge in [0.25, 0.3) is 0 Å². The van der Waals surface area contributed by atoms with Crippen molar-refractivity contribution in [3.63, 3.8) is 0 Å². The maximum Gasteiger partial charge on any atom is 0.326 e. The van der Waals surface area contributed by atoms with Crippen LogP contribution in [0.15, 0.2) is 30.3 Å². The molecule has 2 saturated heterocycles. The van der Waals surface area contributed by atoms with E-state index >= 15 is 0 Å². The van der Waals surface area contributed by atoms with E-state index in [4.69, 9.17) is 11.5 Å². The number of para-hydroxylation sites is 1. The normalized spacial score (nSPS) is 25.8. The molecule has 1 aromatic carbocycles. The molecular formula is C46H68N10O11S2. The molecular weight excluding hydrogens is 933 g/mol. The number of aromatic nitrogens is 1. The summed E-state index contributed by atoms with van der Waals surface area (Å²) in [6.45, 7) is 5.02. The first-order valence-electron chi connectivity index (χ1n) is 23.7. The molecule has 8 amide bonds. The van der Waals surface area contributed by atoms with Crippen LogP contribution in [0.5, 0.6) is 0 Å². The van der Waals surface area contributed by atoms with Gasteiger partial charge in [-0.05, 0) is 75.4 Å². The lowest BCUT2D eigenvalue weighted by atomic mass is 9.85. The van der Waals surface area contributed by atoms with E-state index in [1.807, 2.05) is 30.3 Å². The van der Waals surface area contributed by atoms with E-state index in [9.17, 15) is 53.4 Å². The molecule has 1 aromatic heterocycles. The minimum Gasteiger partial charge on any atom is -0.480 e. The van der Waals surface area contributed by atoms with E-state index in [2.05, 4.69) is 36.9 Å². The largest absolute Gasteiger partial charge is 0.480 e. The van der Waals surface area contributed by atoms with E-state index in [0.717, 1.165) is 30.2 Å². The zero-order valence-corrected chi connectivity index (χ0v) is 41.0. The van der Waals surface area contributed by atoms with Crippen molar-refractivity contribution in [2.24, 2.45) is 17.4 Å². The van der Waals surface area contributed by atoms with Crippen LogP contribution in [0.2, 0.25) is 0 Å². The molecule has 2 aromatic rings. The highest BCUT2D eigenvalue weighted by Gasteiger charge is 2.43. The maximum absolute atomic E-state index is 14.6. The number of carbonyl (C=O) groups excluding carboxylic acids is 8. The number of hydrogen-bond acceptors (Lipinski definition) is 13. The van der Waals surface area contributed by atoms with Gasteiger partial charge in [0.15, 0.2) is 0 Å². The predicted molar refractivity (Wildman–Crippen MR) is 260 cm³/mol. The number of carboxylic acid groups (broad SMARTS) is 1. The summed E-state index contributed by atoms with van der Waals surface area (Å²) in [5.41, 5.74) is 12.6. The van der Waals surface area contributed by atoms with Gasteiger partial charge in [-0.3, -0.25) is 38.4 Å². The average molecular weight is 1000 g/mol. The van der Waals surface area contributed by atoms with Crippen LogP contribution in [0.4, 0.5) is 0 Å². The van der Waals surface area contributed by atoms with E-state index in [1.165, 1.54) is 33.4 Å². The first-order valence-corrected chi connectivity index (χ1v) is 26.0. The number of nitrogens with one attached hydrogen (secondary N) is 7. The number of carboxylic acids is 1. The number of likely N-dealkylation sites (tertiary alicyclic amines) is 1. The van der Waals surface area contributed by atoms with Gasteiger partial charge < -0.3 is 63.5 Å². The summed E-state index contributed by atoms with van der Waals surface area (Å²) in [6, 6.07) is -0.219. The van der Waals surface area contributed by atoms with Crippen molar-refractivity contribution >= 4 is 85.7 Å². The van der Waals surface area contributed by atoms with Gasteiger partial charge in [0, 0.05) is 41.1 Å². The third-order valence-corrected chi connectivity index (χ3v) is 16.4. The van der Waals surface area contributed by atoms with E-state index in [0.29, 0.717) is 37.8 Å². The Kier molecular flexibility index (Phi) is 20.1. The fourth-order valence-electron chi connectivity index (χ4n) is 9.00. The highest BCUT2D eigenvalue weighted by Crippen LogP contribution is 2.48. The van der Waals surface area contributed by atoms with Crippen LogP contribution in [0, 0.1) is 5.92 Å². The van der Waals surface area contributed by atoms with Crippen LogP contribution in [0.1, 0.15) is 104 Å². The fraction of sp³-hybridized carbons (Fsp3) is 0.630. The molecule has 2 aliphatic heterocycles. The zero-order chi connectivity index (χ0) is 50.4. The Labute approximate surface area is 409 Å². The van der Waals surface area contributed by atoms with Gasteiger partial charge in [0.1, 0.15) is 42.3 Å². The second-order valence-electron chi connectivity index (χ2n) is 18.4. The molecule has 9 atom stereocenters. The fourth-order valence-corrected chi connectivity index (χ4v) is 12.4. The second kappa shape index (κ2) is 25.5. The summed E-state index contributed by atoms with van der Waals surface area (Å²) in [6.07, 6.45) is 2.77. The molecule has 13 N–H and O–H groups in total. The number of primary amides is 1. The molecule has 3 aliphatic rings. The number of aliphatic hydroxyl groups excluding tert-OH is 1.